The molecule has 1 rings (SSSR count). The summed E-state index contributed by atoms with van der Waals surface area (Å²) in [6.07, 6.45) is 0. The number of hydrogen-bond acceptors (Lipinski definition) is 3. The zero-order valence-corrected chi connectivity index (χ0v) is 9.61. The van der Waals surface area contributed by atoms with Crippen molar-refractivity contribution < 1.29 is 9.53 Å². The van der Waals surface area contributed by atoms with Gasteiger partial charge in [0.15, 0.2) is 0 Å². The third-order valence-corrected chi connectivity index (χ3v) is 3.09. The number of halogens is 1. The van der Waals surface area contributed by atoms with Gasteiger partial charge in [-0.3, -0.25) is 4.79 Å². The first kappa shape index (κ1) is 11.5. The van der Waals surface area contributed by atoms with Crippen LogP contribution >= 0.6 is 22.9 Å². The van der Waals surface area contributed by atoms with E-state index in [9.17, 15) is 4.79 Å². The summed E-state index contributed by atoms with van der Waals surface area (Å²) in [4.78, 5) is 12.2. The molecule has 14 heavy (non-hydrogen) atoms. The third kappa shape index (κ3) is 3.29. The SMILES string of the molecule is COCC(=O)N[C@H](C)c1ccc(Cl)s1. The molecule has 0 aromatic carbocycles. The number of hydrogen-bond donors (Lipinski definition) is 1. The van der Waals surface area contributed by atoms with Gasteiger partial charge in [-0.2, -0.15) is 0 Å². The molecule has 1 heterocycles. The highest BCUT2D eigenvalue weighted by Crippen LogP contribution is 2.26. The van der Waals surface area contributed by atoms with Gasteiger partial charge in [0.1, 0.15) is 6.61 Å². The van der Waals surface area contributed by atoms with Gasteiger partial charge in [-0.1, -0.05) is 11.6 Å². The van der Waals surface area contributed by atoms with Crippen LogP contribution in [-0.2, 0) is 9.53 Å². The second-order valence-corrected chi connectivity index (χ2v) is 4.61. The zero-order chi connectivity index (χ0) is 10.6. The van der Waals surface area contributed by atoms with Crippen LogP contribution < -0.4 is 5.32 Å². The van der Waals surface area contributed by atoms with Crippen molar-refractivity contribution in [1.29, 1.82) is 0 Å². The minimum atomic E-state index is -0.121. The Morgan fingerprint density at radius 3 is 2.93 bits per heavy atom. The number of amides is 1. The van der Waals surface area contributed by atoms with Gasteiger partial charge in [0.05, 0.1) is 10.4 Å². The number of carbonyl (C=O) groups excluding carboxylic acids is 1. The highest BCUT2D eigenvalue weighted by molar-refractivity contribution is 7.16. The fourth-order valence-electron chi connectivity index (χ4n) is 1.05. The predicted octanol–water partition coefficient (Wildman–Crippen LogP) is 2.23. The Labute approximate surface area is 92.0 Å². The van der Waals surface area contributed by atoms with Crippen molar-refractivity contribution in [3.8, 4) is 0 Å². The number of rotatable bonds is 4. The smallest absolute Gasteiger partial charge is 0.246 e. The van der Waals surface area contributed by atoms with Crippen molar-refractivity contribution in [2.75, 3.05) is 13.7 Å². The highest BCUT2D eigenvalue weighted by atomic mass is 35.5. The molecule has 0 unspecified atom stereocenters. The predicted molar refractivity (Wildman–Crippen MR) is 57.8 cm³/mol. The van der Waals surface area contributed by atoms with Gasteiger partial charge in [-0.25, -0.2) is 0 Å². The van der Waals surface area contributed by atoms with Gasteiger partial charge in [0.2, 0.25) is 5.91 Å². The largest absolute Gasteiger partial charge is 0.375 e. The van der Waals surface area contributed by atoms with Crippen LogP contribution in [0.2, 0.25) is 4.34 Å². The maximum Gasteiger partial charge on any atom is 0.246 e. The van der Waals surface area contributed by atoms with E-state index in [2.05, 4.69) is 5.32 Å². The fourth-order valence-corrected chi connectivity index (χ4v) is 2.11. The number of nitrogens with one attached hydrogen (secondary N) is 1. The van der Waals surface area contributed by atoms with E-state index in [1.54, 1.807) is 0 Å². The molecule has 0 spiro atoms. The maximum atomic E-state index is 11.2. The summed E-state index contributed by atoms with van der Waals surface area (Å²) < 4.78 is 5.44. The molecule has 5 heteroatoms. The van der Waals surface area contributed by atoms with Crippen molar-refractivity contribution in [3.63, 3.8) is 0 Å². The quantitative estimate of drug-likeness (QED) is 0.866. The molecular weight excluding hydrogens is 222 g/mol. The van der Waals surface area contributed by atoms with Crippen LogP contribution in [0.4, 0.5) is 0 Å². The molecule has 0 radical (unpaired) electrons. The lowest BCUT2D eigenvalue weighted by Gasteiger charge is -2.11. The lowest BCUT2D eigenvalue weighted by atomic mass is 10.3. The van der Waals surface area contributed by atoms with E-state index in [4.69, 9.17) is 16.3 Å². The van der Waals surface area contributed by atoms with E-state index in [0.29, 0.717) is 0 Å². The summed E-state index contributed by atoms with van der Waals surface area (Å²) in [5, 5.41) is 2.80. The van der Waals surface area contributed by atoms with E-state index in [-0.39, 0.29) is 18.6 Å². The third-order valence-electron chi connectivity index (χ3n) is 1.67. The van der Waals surface area contributed by atoms with Gasteiger partial charge in [0, 0.05) is 12.0 Å². The second-order valence-electron chi connectivity index (χ2n) is 2.86. The summed E-state index contributed by atoms with van der Waals surface area (Å²) in [5.74, 6) is -0.121. The molecule has 0 aliphatic heterocycles. The van der Waals surface area contributed by atoms with Crippen molar-refractivity contribution in [2.45, 2.75) is 13.0 Å². The number of methoxy groups -OCH3 is 1. The van der Waals surface area contributed by atoms with Gasteiger partial charge in [-0.15, -0.1) is 11.3 Å². The maximum absolute atomic E-state index is 11.2. The molecule has 1 aromatic rings. The summed E-state index contributed by atoms with van der Waals surface area (Å²) in [6.45, 7) is 2.00. The summed E-state index contributed by atoms with van der Waals surface area (Å²) in [7, 11) is 1.49. The molecule has 78 valence electrons. The molecule has 0 aliphatic rings. The van der Waals surface area contributed by atoms with Crippen LogP contribution in [0.1, 0.15) is 17.8 Å². The van der Waals surface area contributed by atoms with E-state index in [0.717, 1.165) is 9.21 Å². The van der Waals surface area contributed by atoms with Crippen LogP contribution in [0.3, 0.4) is 0 Å². The average Bonchev–Trinajstić information content (AvgIpc) is 2.52. The van der Waals surface area contributed by atoms with E-state index in [1.807, 2.05) is 19.1 Å². The van der Waals surface area contributed by atoms with Gasteiger partial charge >= 0.3 is 0 Å². The topological polar surface area (TPSA) is 38.3 Å². The average molecular weight is 234 g/mol. The summed E-state index contributed by atoms with van der Waals surface area (Å²) in [6, 6.07) is 3.71. The Morgan fingerprint density at radius 2 is 2.43 bits per heavy atom. The number of ether oxygens (including phenoxy) is 1. The fraction of sp³-hybridized carbons (Fsp3) is 0.444. The standard InChI is InChI=1S/C9H12ClNO2S/c1-6(11-9(12)5-13-2)7-3-4-8(10)14-7/h3-4,6H,5H2,1-2H3,(H,11,12)/t6-/m1/s1. The van der Waals surface area contributed by atoms with E-state index >= 15 is 0 Å². The highest BCUT2D eigenvalue weighted by Gasteiger charge is 2.10. The minimum absolute atomic E-state index is 0.0184. The van der Waals surface area contributed by atoms with Crippen molar-refractivity contribution in [1.82, 2.24) is 5.32 Å². The monoisotopic (exact) mass is 233 g/mol. The Balaban J connectivity index is 2.50. The number of thiophene rings is 1. The lowest BCUT2D eigenvalue weighted by molar-refractivity contribution is -0.125. The molecule has 1 aromatic heterocycles. The second kappa shape index (κ2) is 5.34. The normalized spacial score (nSPS) is 12.5. The molecule has 0 bridgehead atoms. The molecule has 1 amide bonds. The summed E-state index contributed by atoms with van der Waals surface area (Å²) >= 11 is 7.25. The van der Waals surface area contributed by atoms with E-state index < -0.39 is 0 Å². The van der Waals surface area contributed by atoms with Gasteiger partial charge < -0.3 is 10.1 Å². The Morgan fingerprint density at radius 1 is 1.71 bits per heavy atom. The number of carbonyl (C=O) groups is 1. The van der Waals surface area contributed by atoms with Crippen molar-refractivity contribution >= 4 is 28.8 Å². The summed E-state index contributed by atoms with van der Waals surface area (Å²) in [5.41, 5.74) is 0. The molecule has 0 aliphatic carbocycles. The van der Waals surface area contributed by atoms with E-state index in [1.165, 1.54) is 18.4 Å². The zero-order valence-electron chi connectivity index (χ0n) is 8.04. The van der Waals surface area contributed by atoms with Crippen molar-refractivity contribution in [2.24, 2.45) is 0 Å². The van der Waals surface area contributed by atoms with Gasteiger partial charge in [-0.05, 0) is 19.1 Å². The van der Waals surface area contributed by atoms with Gasteiger partial charge in [0.25, 0.3) is 0 Å². The Hall–Kier alpha value is -0.580. The molecule has 0 saturated carbocycles. The minimum Gasteiger partial charge on any atom is -0.375 e. The first-order chi connectivity index (χ1) is 6.63. The molecule has 0 fully saturated rings. The molecule has 3 nitrogen and oxygen atoms in total. The molecule has 1 N–H and O–H groups in total. The first-order valence-corrected chi connectivity index (χ1v) is 5.36. The molecule has 1 atom stereocenters. The van der Waals surface area contributed by atoms with Crippen LogP contribution in [-0.4, -0.2) is 19.6 Å². The Kier molecular flexibility index (Phi) is 4.38. The lowest BCUT2D eigenvalue weighted by Crippen LogP contribution is -2.29. The van der Waals surface area contributed by atoms with Crippen LogP contribution in [0.25, 0.3) is 0 Å². The van der Waals surface area contributed by atoms with Crippen LogP contribution in [0.15, 0.2) is 12.1 Å². The first-order valence-electron chi connectivity index (χ1n) is 4.17. The molecule has 0 saturated heterocycles. The van der Waals surface area contributed by atoms with Crippen LogP contribution in [0.5, 0.6) is 0 Å². The molecular formula is C9H12ClNO2S. The Bertz CT molecular complexity index is 314. The van der Waals surface area contributed by atoms with Crippen LogP contribution in [0, 0.1) is 0 Å². The van der Waals surface area contributed by atoms with Crippen molar-refractivity contribution in [3.05, 3.63) is 21.3 Å².